The topological polar surface area (TPSA) is 21.3 Å². The van der Waals surface area contributed by atoms with Crippen molar-refractivity contribution in [2.75, 3.05) is 26.8 Å². The van der Waals surface area contributed by atoms with Crippen molar-refractivity contribution in [3.05, 3.63) is 35.1 Å². The van der Waals surface area contributed by atoms with E-state index in [1.54, 1.807) is 13.2 Å². The van der Waals surface area contributed by atoms with Crippen molar-refractivity contribution in [1.82, 2.24) is 5.32 Å². The zero-order valence-electron chi connectivity index (χ0n) is 10.8. The molecule has 96 valence electrons. The highest BCUT2D eigenvalue weighted by Gasteiger charge is 2.00. The number of hydrogen-bond donors (Lipinski definition) is 1. The Kier molecular flexibility index (Phi) is 6.82. The Morgan fingerprint density at radius 1 is 1.24 bits per heavy atom. The average molecular weight is 239 g/mol. The Balaban J connectivity index is 2.15. The summed E-state index contributed by atoms with van der Waals surface area (Å²) >= 11 is 0. The largest absolute Gasteiger partial charge is 0.383 e. The second-order valence-corrected chi connectivity index (χ2v) is 4.27. The monoisotopic (exact) mass is 239 g/mol. The van der Waals surface area contributed by atoms with Gasteiger partial charge in [0.25, 0.3) is 0 Å². The van der Waals surface area contributed by atoms with Crippen LogP contribution in [0.1, 0.15) is 24.0 Å². The summed E-state index contributed by atoms with van der Waals surface area (Å²) < 4.78 is 18.0. The predicted molar refractivity (Wildman–Crippen MR) is 68.8 cm³/mol. The molecule has 0 unspecified atom stereocenters. The summed E-state index contributed by atoms with van der Waals surface area (Å²) in [6, 6.07) is 5.01. The normalized spacial score (nSPS) is 10.8. The average Bonchev–Trinajstić information content (AvgIpc) is 2.32. The Labute approximate surface area is 103 Å². The van der Waals surface area contributed by atoms with Crippen LogP contribution in [0.5, 0.6) is 0 Å². The van der Waals surface area contributed by atoms with Crippen LogP contribution in [-0.4, -0.2) is 26.8 Å². The fraction of sp³-hybridized carbons (Fsp3) is 0.571. The van der Waals surface area contributed by atoms with Crippen molar-refractivity contribution in [1.29, 1.82) is 0 Å². The minimum Gasteiger partial charge on any atom is -0.383 e. The smallest absolute Gasteiger partial charge is 0.123 e. The van der Waals surface area contributed by atoms with E-state index in [9.17, 15) is 4.39 Å². The molecule has 0 fully saturated rings. The Morgan fingerprint density at radius 3 is 2.82 bits per heavy atom. The van der Waals surface area contributed by atoms with Crippen LogP contribution in [0, 0.1) is 12.7 Å². The van der Waals surface area contributed by atoms with Gasteiger partial charge >= 0.3 is 0 Å². The molecule has 0 radical (unpaired) electrons. The van der Waals surface area contributed by atoms with Crippen molar-refractivity contribution in [2.45, 2.75) is 26.2 Å². The number of ether oxygens (including phenoxy) is 1. The molecule has 17 heavy (non-hydrogen) atoms. The lowest BCUT2D eigenvalue weighted by molar-refractivity contribution is 0.199. The zero-order valence-corrected chi connectivity index (χ0v) is 10.8. The maximum Gasteiger partial charge on any atom is 0.123 e. The molecule has 1 aromatic rings. The lowest BCUT2D eigenvalue weighted by Crippen LogP contribution is -2.20. The van der Waals surface area contributed by atoms with Gasteiger partial charge in [-0.15, -0.1) is 0 Å². The van der Waals surface area contributed by atoms with Crippen molar-refractivity contribution >= 4 is 0 Å². The van der Waals surface area contributed by atoms with E-state index in [4.69, 9.17) is 4.74 Å². The van der Waals surface area contributed by atoms with Gasteiger partial charge in [-0.25, -0.2) is 4.39 Å². The number of aryl methyl sites for hydroxylation is 2. The van der Waals surface area contributed by atoms with Crippen LogP contribution in [0.15, 0.2) is 18.2 Å². The van der Waals surface area contributed by atoms with Crippen LogP contribution in [0.4, 0.5) is 4.39 Å². The fourth-order valence-corrected chi connectivity index (χ4v) is 1.77. The maximum absolute atomic E-state index is 13.0. The molecule has 3 heteroatoms. The molecular formula is C14H22FNO. The first-order valence-electron chi connectivity index (χ1n) is 6.18. The molecule has 0 spiro atoms. The van der Waals surface area contributed by atoms with E-state index in [0.717, 1.165) is 44.5 Å². The SMILES string of the molecule is COCCNCCCCc1cc(F)ccc1C. The molecule has 0 saturated heterocycles. The van der Waals surface area contributed by atoms with Gasteiger partial charge in [0.15, 0.2) is 0 Å². The minimum absolute atomic E-state index is 0.135. The van der Waals surface area contributed by atoms with E-state index >= 15 is 0 Å². The number of unbranched alkanes of at least 4 members (excludes halogenated alkanes) is 1. The zero-order chi connectivity index (χ0) is 12.5. The standard InChI is InChI=1S/C14H22FNO/c1-12-6-7-14(15)11-13(12)5-3-4-8-16-9-10-17-2/h6-7,11,16H,3-5,8-10H2,1-2H3. The van der Waals surface area contributed by atoms with E-state index in [0.29, 0.717) is 0 Å². The third-order valence-electron chi connectivity index (χ3n) is 2.84. The molecule has 0 heterocycles. The molecule has 0 aromatic heterocycles. The van der Waals surface area contributed by atoms with E-state index in [1.807, 2.05) is 13.0 Å². The first kappa shape index (κ1) is 14.1. The van der Waals surface area contributed by atoms with E-state index in [1.165, 1.54) is 11.6 Å². The van der Waals surface area contributed by atoms with Crippen molar-refractivity contribution < 1.29 is 9.13 Å². The molecule has 0 bridgehead atoms. The summed E-state index contributed by atoms with van der Waals surface area (Å²) in [5, 5.41) is 3.30. The summed E-state index contributed by atoms with van der Waals surface area (Å²) in [5.41, 5.74) is 2.31. The molecule has 0 saturated carbocycles. The lowest BCUT2D eigenvalue weighted by Gasteiger charge is -2.06. The molecule has 1 aromatic carbocycles. The van der Waals surface area contributed by atoms with Gasteiger partial charge in [0.05, 0.1) is 6.61 Å². The van der Waals surface area contributed by atoms with Gasteiger partial charge < -0.3 is 10.1 Å². The molecule has 0 aliphatic carbocycles. The van der Waals surface area contributed by atoms with Crippen LogP contribution in [0.2, 0.25) is 0 Å². The summed E-state index contributed by atoms with van der Waals surface area (Å²) in [4.78, 5) is 0. The molecule has 1 rings (SSSR count). The van der Waals surface area contributed by atoms with Gasteiger partial charge in [0.2, 0.25) is 0 Å². The first-order valence-corrected chi connectivity index (χ1v) is 6.18. The van der Waals surface area contributed by atoms with E-state index in [2.05, 4.69) is 5.32 Å². The molecule has 0 atom stereocenters. The Morgan fingerprint density at radius 2 is 2.06 bits per heavy atom. The summed E-state index contributed by atoms with van der Waals surface area (Å²) in [6.45, 7) is 4.68. The minimum atomic E-state index is -0.135. The van der Waals surface area contributed by atoms with Gasteiger partial charge in [-0.2, -0.15) is 0 Å². The van der Waals surface area contributed by atoms with Crippen LogP contribution in [-0.2, 0) is 11.2 Å². The predicted octanol–water partition coefficient (Wildman–Crippen LogP) is 2.69. The van der Waals surface area contributed by atoms with Crippen LogP contribution in [0.25, 0.3) is 0 Å². The maximum atomic E-state index is 13.0. The molecule has 0 aliphatic heterocycles. The molecule has 2 nitrogen and oxygen atoms in total. The Bertz CT molecular complexity index is 328. The number of halogens is 1. The first-order chi connectivity index (χ1) is 8.24. The van der Waals surface area contributed by atoms with Gasteiger partial charge in [0.1, 0.15) is 5.82 Å². The van der Waals surface area contributed by atoms with Crippen LogP contribution in [0.3, 0.4) is 0 Å². The van der Waals surface area contributed by atoms with E-state index < -0.39 is 0 Å². The van der Waals surface area contributed by atoms with Gasteiger partial charge in [-0.1, -0.05) is 6.07 Å². The fourth-order valence-electron chi connectivity index (χ4n) is 1.77. The molecule has 0 aliphatic rings. The van der Waals surface area contributed by atoms with Gasteiger partial charge in [0, 0.05) is 13.7 Å². The third-order valence-corrected chi connectivity index (χ3v) is 2.84. The summed E-state index contributed by atoms with van der Waals surface area (Å²) in [5.74, 6) is -0.135. The quantitative estimate of drug-likeness (QED) is 0.704. The van der Waals surface area contributed by atoms with Gasteiger partial charge in [-0.05, 0) is 56.0 Å². The Hall–Kier alpha value is -0.930. The number of methoxy groups -OCH3 is 1. The molecular weight excluding hydrogens is 217 g/mol. The van der Waals surface area contributed by atoms with Crippen molar-refractivity contribution in [3.63, 3.8) is 0 Å². The van der Waals surface area contributed by atoms with Crippen molar-refractivity contribution in [3.8, 4) is 0 Å². The molecule has 1 N–H and O–H groups in total. The van der Waals surface area contributed by atoms with Gasteiger partial charge in [-0.3, -0.25) is 0 Å². The van der Waals surface area contributed by atoms with Crippen LogP contribution >= 0.6 is 0 Å². The highest BCUT2D eigenvalue weighted by atomic mass is 19.1. The van der Waals surface area contributed by atoms with Crippen molar-refractivity contribution in [2.24, 2.45) is 0 Å². The third kappa shape index (κ3) is 5.80. The number of rotatable bonds is 8. The van der Waals surface area contributed by atoms with Crippen LogP contribution < -0.4 is 5.32 Å². The number of hydrogen-bond acceptors (Lipinski definition) is 2. The summed E-state index contributed by atoms with van der Waals surface area (Å²) in [6.07, 6.45) is 3.15. The second kappa shape index (κ2) is 8.20. The number of benzene rings is 1. The second-order valence-electron chi connectivity index (χ2n) is 4.27. The summed E-state index contributed by atoms with van der Waals surface area (Å²) in [7, 11) is 1.70. The highest BCUT2D eigenvalue weighted by Crippen LogP contribution is 2.12. The highest BCUT2D eigenvalue weighted by molar-refractivity contribution is 5.26. The lowest BCUT2D eigenvalue weighted by atomic mass is 10.0. The van der Waals surface area contributed by atoms with E-state index in [-0.39, 0.29) is 5.82 Å². The number of nitrogens with one attached hydrogen (secondary N) is 1. The molecule has 0 amide bonds.